The number of aryl methyl sites for hydroxylation is 3. The van der Waals surface area contributed by atoms with E-state index in [0.29, 0.717) is 16.5 Å². The molecule has 2 aliphatic rings. The molecule has 4 nitrogen and oxygen atoms in total. The van der Waals surface area contributed by atoms with E-state index in [4.69, 9.17) is 28.2 Å². The molecule has 0 saturated carbocycles. The van der Waals surface area contributed by atoms with Crippen molar-refractivity contribution in [3.8, 4) is 0 Å². The minimum atomic E-state index is 0.186. The van der Waals surface area contributed by atoms with E-state index in [-0.39, 0.29) is 11.8 Å². The van der Waals surface area contributed by atoms with Crippen LogP contribution in [0.5, 0.6) is 0 Å². The van der Waals surface area contributed by atoms with Gasteiger partial charge in [0.2, 0.25) is 5.91 Å². The van der Waals surface area contributed by atoms with E-state index in [9.17, 15) is 4.79 Å². The lowest BCUT2D eigenvalue weighted by molar-refractivity contribution is -0.671. The molecule has 34 heavy (non-hydrogen) atoms. The second-order valence-corrected chi connectivity index (χ2v) is 11.0. The second-order valence-electron chi connectivity index (χ2n) is 9.20. The first kappa shape index (κ1) is 23.7. The highest BCUT2D eigenvalue weighted by Gasteiger charge is 2.41. The van der Waals surface area contributed by atoms with Gasteiger partial charge in [0.05, 0.1) is 17.4 Å². The number of nitrogens with zero attached hydrogens (tertiary/aromatic N) is 3. The van der Waals surface area contributed by atoms with E-state index < -0.39 is 0 Å². The number of rotatable bonds is 3. The summed E-state index contributed by atoms with van der Waals surface area (Å²) in [5.41, 5.74) is 5.57. The Bertz CT molecular complexity index is 1220. The Labute approximate surface area is 219 Å². The number of carbonyl (C=O) groups excluding carboxylic acids is 1. The Balaban J connectivity index is 1.40. The number of pyridine rings is 2. The van der Waals surface area contributed by atoms with E-state index in [0.717, 1.165) is 60.1 Å². The fourth-order valence-electron chi connectivity index (χ4n) is 5.18. The molecule has 174 valence electrons. The number of aromatic nitrogens is 2. The number of amides is 1. The van der Waals surface area contributed by atoms with Crippen LogP contribution >= 0.6 is 39.1 Å². The average Bonchev–Trinajstić information content (AvgIpc) is 2.97. The molecular weight excluding hydrogens is 533 g/mol. The molecule has 3 aromatic rings. The number of halogens is 3. The smallest absolute Gasteiger partial charge is 0.226 e. The monoisotopic (exact) mass is 557 g/mol. The van der Waals surface area contributed by atoms with Gasteiger partial charge >= 0.3 is 0 Å². The summed E-state index contributed by atoms with van der Waals surface area (Å²) in [6.07, 6.45) is 9.81. The minimum absolute atomic E-state index is 0.186. The van der Waals surface area contributed by atoms with E-state index in [1.54, 1.807) is 0 Å². The maximum atomic E-state index is 13.0. The Kier molecular flexibility index (Phi) is 6.88. The van der Waals surface area contributed by atoms with Gasteiger partial charge in [-0.15, -0.1) is 0 Å². The molecule has 0 spiro atoms. The Morgan fingerprint density at radius 3 is 2.59 bits per heavy atom. The molecule has 3 heterocycles. The van der Waals surface area contributed by atoms with Crippen molar-refractivity contribution in [2.24, 2.45) is 13.0 Å². The molecule has 5 rings (SSSR count). The maximum Gasteiger partial charge on any atom is 0.226 e. The molecular formula is C27H26BrCl2N3O+2. The van der Waals surface area contributed by atoms with Crippen LogP contribution in [0.1, 0.15) is 40.8 Å². The van der Waals surface area contributed by atoms with Crippen molar-refractivity contribution < 1.29 is 9.36 Å². The van der Waals surface area contributed by atoms with Crippen LogP contribution in [0, 0.1) is 11.8 Å². The fraction of sp³-hybridized carbons (Fsp3) is 0.333. The van der Waals surface area contributed by atoms with Gasteiger partial charge in [0, 0.05) is 84.0 Å². The molecule has 0 N–H and O–H groups in total. The summed E-state index contributed by atoms with van der Waals surface area (Å²) in [5, 5.41) is 1.35. The maximum absolute atomic E-state index is 13.0. The van der Waals surface area contributed by atoms with Crippen molar-refractivity contribution >= 4 is 45.0 Å². The molecule has 1 amide bonds. The van der Waals surface area contributed by atoms with Crippen molar-refractivity contribution in [1.29, 1.82) is 0 Å². The summed E-state index contributed by atoms with van der Waals surface area (Å²) in [4.78, 5) is 19.8. The summed E-state index contributed by atoms with van der Waals surface area (Å²) in [6, 6.07) is 10.1. The van der Waals surface area contributed by atoms with Crippen LogP contribution in [0.25, 0.3) is 0 Å². The standard InChI is InChI=1S/C27H26BrCl2N3O/c1-32-8-4-17(5-9-32)12-24(34)33-10-6-18(7-11-33)26-25-19(14-22(29)15-23(25)30)2-3-20-13-21(28)16-31-27(20)26/h4-5,8-9,13-16,18H,2-3,6-7,10-12H2,1H3/q+2. The Morgan fingerprint density at radius 2 is 1.85 bits per heavy atom. The molecule has 0 atom stereocenters. The minimum Gasteiger partial charge on any atom is -0.342 e. The first-order valence-corrected chi connectivity index (χ1v) is 13.2. The lowest BCUT2D eigenvalue weighted by Crippen LogP contribution is -2.41. The topological polar surface area (TPSA) is 37.1 Å². The summed E-state index contributed by atoms with van der Waals surface area (Å²) in [5.74, 6) is 1.67. The lowest BCUT2D eigenvalue weighted by atomic mass is 9.76. The van der Waals surface area contributed by atoms with Crippen molar-refractivity contribution in [2.75, 3.05) is 13.1 Å². The fourth-order valence-corrected chi connectivity index (χ4v) is 6.19. The van der Waals surface area contributed by atoms with Crippen molar-refractivity contribution in [2.45, 2.75) is 32.1 Å². The molecule has 0 radical (unpaired) electrons. The van der Waals surface area contributed by atoms with Gasteiger partial charge in [0.15, 0.2) is 18.1 Å². The van der Waals surface area contributed by atoms with Gasteiger partial charge in [-0.1, -0.05) is 11.6 Å². The van der Waals surface area contributed by atoms with Crippen molar-refractivity contribution in [3.05, 3.63) is 97.3 Å². The number of likely N-dealkylation sites (tertiary alicyclic amines) is 1. The van der Waals surface area contributed by atoms with E-state index in [1.165, 1.54) is 17.0 Å². The predicted octanol–water partition coefficient (Wildman–Crippen LogP) is 5.53. The van der Waals surface area contributed by atoms with Gasteiger partial charge < -0.3 is 4.90 Å². The van der Waals surface area contributed by atoms with Crippen molar-refractivity contribution in [1.82, 2.24) is 9.88 Å². The largest absolute Gasteiger partial charge is 0.342 e. The van der Waals surface area contributed by atoms with Gasteiger partial charge in [-0.3, -0.25) is 4.79 Å². The van der Waals surface area contributed by atoms with Crippen LogP contribution in [-0.2, 0) is 31.1 Å². The number of fused-ring (bicyclic) bond motifs is 2. The average molecular weight is 559 g/mol. The van der Waals surface area contributed by atoms with E-state index in [1.807, 2.05) is 59.4 Å². The Hall–Kier alpha value is -2.08. The van der Waals surface area contributed by atoms with Crippen LogP contribution in [0.15, 0.2) is 53.4 Å². The zero-order valence-corrected chi connectivity index (χ0v) is 22.1. The van der Waals surface area contributed by atoms with Crippen LogP contribution < -0.4 is 4.57 Å². The van der Waals surface area contributed by atoms with Crippen LogP contribution in [0.4, 0.5) is 0 Å². The number of benzene rings is 1. The van der Waals surface area contributed by atoms with Gasteiger partial charge in [-0.2, -0.15) is 0 Å². The first-order valence-electron chi connectivity index (χ1n) is 11.6. The molecule has 1 fully saturated rings. The Morgan fingerprint density at radius 1 is 1.15 bits per heavy atom. The third kappa shape index (κ3) is 4.84. The van der Waals surface area contributed by atoms with Gasteiger partial charge in [0.25, 0.3) is 0 Å². The molecule has 1 aromatic carbocycles. The third-order valence-electron chi connectivity index (χ3n) is 6.92. The van der Waals surface area contributed by atoms with Crippen LogP contribution in [-0.4, -0.2) is 28.9 Å². The third-order valence-corrected chi connectivity index (χ3v) is 7.87. The summed E-state index contributed by atoms with van der Waals surface area (Å²) in [6.45, 7) is 1.47. The van der Waals surface area contributed by atoms with Crippen LogP contribution in [0.3, 0.4) is 0 Å². The molecule has 0 bridgehead atoms. The van der Waals surface area contributed by atoms with Gasteiger partial charge in [-0.25, -0.2) is 9.55 Å². The molecule has 1 aliphatic carbocycles. The number of carbonyl (C=O) groups is 1. The molecule has 1 saturated heterocycles. The van der Waals surface area contributed by atoms with Crippen molar-refractivity contribution in [3.63, 3.8) is 0 Å². The zero-order valence-electron chi connectivity index (χ0n) is 19.0. The second kappa shape index (κ2) is 9.88. The molecule has 1 aliphatic heterocycles. The first-order chi connectivity index (χ1) is 16.4. The summed E-state index contributed by atoms with van der Waals surface area (Å²) in [7, 11) is 1.98. The number of piperidine rings is 1. The zero-order chi connectivity index (χ0) is 23.8. The summed E-state index contributed by atoms with van der Waals surface area (Å²) >= 11 is 16.8. The van der Waals surface area contributed by atoms with E-state index in [2.05, 4.69) is 22.0 Å². The normalized spacial score (nSPS) is 16.1. The molecule has 2 aromatic heterocycles. The highest BCUT2D eigenvalue weighted by atomic mass is 79.9. The molecule has 7 heteroatoms. The van der Waals surface area contributed by atoms with Crippen LogP contribution in [0.2, 0.25) is 10.0 Å². The quantitative estimate of drug-likeness (QED) is 0.313. The number of hydrogen-bond donors (Lipinski definition) is 0. The highest BCUT2D eigenvalue weighted by molar-refractivity contribution is 9.10. The van der Waals surface area contributed by atoms with E-state index >= 15 is 0 Å². The molecule has 0 unspecified atom stereocenters. The van der Waals surface area contributed by atoms with Gasteiger partial charge in [0.1, 0.15) is 17.6 Å². The highest BCUT2D eigenvalue weighted by Crippen LogP contribution is 2.45. The van der Waals surface area contributed by atoms with Gasteiger partial charge in [-0.05, 0) is 45.9 Å². The number of hydrogen-bond acceptors (Lipinski definition) is 2. The summed E-state index contributed by atoms with van der Waals surface area (Å²) < 4.78 is 2.96. The SMILES string of the molecule is C[n+]1ccc(CC(=O)N2CCC([C+]3c4ncc(Br)cc4CCc4cc(Cl)cc(Cl)c43)CC2)cc1. The predicted molar refractivity (Wildman–Crippen MR) is 138 cm³/mol. The lowest BCUT2D eigenvalue weighted by Gasteiger charge is -2.34.